The van der Waals surface area contributed by atoms with Gasteiger partial charge in [0.05, 0.1) is 28.1 Å². The van der Waals surface area contributed by atoms with Crippen LogP contribution in [0.2, 0.25) is 0 Å². The smallest absolute Gasteiger partial charge is 0.175 e. The van der Waals surface area contributed by atoms with E-state index in [0.717, 1.165) is 64.9 Å². The Hall–Kier alpha value is -7.27. The van der Waals surface area contributed by atoms with E-state index in [1.165, 1.54) is 4.70 Å². The molecule has 6 aromatic heterocycles. The number of anilines is 2. The van der Waals surface area contributed by atoms with Crippen LogP contribution >= 0.6 is 22.7 Å². The van der Waals surface area contributed by atoms with Gasteiger partial charge in [0.25, 0.3) is 0 Å². The molecule has 11 aromatic rings. The summed E-state index contributed by atoms with van der Waals surface area (Å²) < 4.78 is 7.18. The van der Waals surface area contributed by atoms with E-state index in [4.69, 9.17) is 29.6 Å². The molecule has 0 spiro atoms. The standard InChI is InChI=1S/C50H33N7OS2/c1-5-17-37-33(12-1)16-11-20-40(37)56-47(42-32-36-15-4-8-21-41(36)60-42)49(44-27-30-58-55-44,43-25-23-34-13-2-6-18-38(34)53-43)50(48-52-29-31-59-48,57(56)46-22-9-10-28-51-46)45-26-24-35-14-3-7-19-39(35)54-45/h1-32,47H. The largest absolute Gasteiger partial charge is 0.364 e. The molecule has 1 fully saturated rings. The molecule has 286 valence electrons. The second-order valence-electron chi connectivity index (χ2n) is 15.0. The highest BCUT2D eigenvalue weighted by atomic mass is 32.1. The molecule has 3 unspecified atom stereocenters. The normalized spacial score (nSPS) is 19.2. The Labute approximate surface area is 352 Å². The van der Waals surface area contributed by atoms with Gasteiger partial charge < -0.3 is 4.52 Å². The van der Waals surface area contributed by atoms with Gasteiger partial charge in [0, 0.05) is 49.6 Å². The summed E-state index contributed by atoms with van der Waals surface area (Å²) in [6, 6.07) is 58.8. The number of thiazole rings is 1. The van der Waals surface area contributed by atoms with Crippen LogP contribution in [0, 0.1) is 0 Å². The molecule has 5 aromatic carbocycles. The lowest BCUT2D eigenvalue weighted by Crippen LogP contribution is -2.58. The first-order valence-corrected chi connectivity index (χ1v) is 21.4. The monoisotopic (exact) mass is 811 g/mol. The molecule has 1 aliphatic heterocycles. The molecule has 0 saturated carbocycles. The number of aromatic nitrogens is 5. The van der Waals surface area contributed by atoms with Gasteiger partial charge in [-0.05, 0) is 65.4 Å². The number of hydrogen-bond acceptors (Lipinski definition) is 10. The number of fused-ring (bicyclic) bond motifs is 4. The summed E-state index contributed by atoms with van der Waals surface area (Å²) in [5, 5.41) is 18.1. The molecule has 1 saturated heterocycles. The van der Waals surface area contributed by atoms with Crippen molar-refractivity contribution in [3.8, 4) is 0 Å². The number of thiophene rings is 1. The molecule has 1 aliphatic rings. The van der Waals surface area contributed by atoms with Crippen LogP contribution in [0.1, 0.15) is 33.0 Å². The minimum absolute atomic E-state index is 0.543. The van der Waals surface area contributed by atoms with Gasteiger partial charge in [0.15, 0.2) is 5.54 Å². The van der Waals surface area contributed by atoms with E-state index in [1.807, 2.05) is 48.1 Å². The minimum atomic E-state index is -1.32. The molecule has 8 nitrogen and oxygen atoms in total. The van der Waals surface area contributed by atoms with Gasteiger partial charge >= 0.3 is 0 Å². The summed E-state index contributed by atoms with van der Waals surface area (Å²) in [6.07, 6.45) is 5.41. The molecule has 60 heavy (non-hydrogen) atoms. The van der Waals surface area contributed by atoms with Crippen LogP contribution < -0.4 is 10.0 Å². The number of rotatable bonds is 7. The van der Waals surface area contributed by atoms with Gasteiger partial charge in [0.1, 0.15) is 34.2 Å². The van der Waals surface area contributed by atoms with Crippen molar-refractivity contribution in [3.05, 3.63) is 221 Å². The first-order valence-electron chi connectivity index (χ1n) is 19.8. The Morgan fingerprint density at radius 1 is 0.567 bits per heavy atom. The predicted molar refractivity (Wildman–Crippen MR) is 241 cm³/mol. The van der Waals surface area contributed by atoms with Crippen molar-refractivity contribution in [1.29, 1.82) is 0 Å². The highest BCUT2D eigenvalue weighted by Crippen LogP contribution is 2.69. The van der Waals surface area contributed by atoms with Crippen LogP contribution in [-0.2, 0) is 11.0 Å². The second-order valence-corrected chi connectivity index (χ2v) is 17.0. The first kappa shape index (κ1) is 34.7. The van der Waals surface area contributed by atoms with Crippen molar-refractivity contribution < 1.29 is 4.52 Å². The third-order valence-corrected chi connectivity index (χ3v) is 14.0. The third-order valence-electron chi connectivity index (χ3n) is 11.9. The van der Waals surface area contributed by atoms with E-state index in [2.05, 4.69) is 150 Å². The number of para-hydroxylation sites is 2. The molecule has 0 N–H and O–H groups in total. The van der Waals surface area contributed by atoms with Crippen molar-refractivity contribution in [2.24, 2.45) is 0 Å². The van der Waals surface area contributed by atoms with Crippen LogP contribution in [0.3, 0.4) is 0 Å². The number of hydrogen-bond donors (Lipinski definition) is 0. The summed E-state index contributed by atoms with van der Waals surface area (Å²) in [5.41, 5.74) is 2.36. The topological polar surface area (TPSA) is 84.1 Å². The summed E-state index contributed by atoms with van der Waals surface area (Å²) in [7, 11) is 0. The Balaban J connectivity index is 1.36. The van der Waals surface area contributed by atoms with Gasteiger partial charge in [-0.1, -0.05) is 114 Å². The van der Waals surface area contributed by atoms with E-state index in [0.29, 0.717) is 11.5 Å². The van der Waals surface area contributed by atoms with Crippen molar-refractivity contribution in [2.45, 2.75) is 17.0 Å². The van der Waals surface area contributed by atoms with E-state index < -0.39 is 17.0 Å². The Morgan fingerprint density at radius 3 is 2.00 bits per heavy atom. The molecule has 0 radical (unpaired) electrons. The van der Waals surface area contributed by atoms with Crippen molar-refractivity contribution in [1.82, 2.24) is 25.1 Å². The minimum Gasteiger partial charge on any atom is -0.364 e. The average molecular weight is 812 g/mol. The first-order chi connectivity index (χ1) is 29.7. The highest BCUT2D eigenvalue weighted by molar-refractivity contribution is 7.19. The number of benzene rings is 5. The van der Waals surface area contributed by atoms with Crippen LogP contribution in [0.25, 0.3) is 42.7 Å². The van der Waals surface area contributed by atoms with Crippen molar-refractivity contribution >= 4 is 76.8 Å². The fourth-order valence-electron chi connectivity index (χ4n) is 9.55. The van der Waals surface area contributed by atoms with Gasteiger partial charge in [-0.2, -0.15) is 0 Å². The van der Waals surface area contributed by atoms with E-state index >= 15 is 0 Å². The molecule has 0 aliphatic carbocycles. The van der Waals surface area contributed by atoms with E-state index in [1.54, 1.807) is 28.9 Å². The fraction of sp³-hybridized carbons (Fsp3) is 0.0600. The molecule has 12 rings (SSSR count). The maximum Gasteiger partial charge on any atom is 0.175 e. The molecule has 10 heteroatoms. The molecule has 3 atom stereocenters. The zero-order valence-corrected chi connectivity index (χ0v) is 33.5. The van der Waals surface area contributed by atoms with E-state index in [-0.39, 0.29) is 0 Å². The molecular weight excluding hydrogens is 779 g/mol. The van der Waals surface area contributed by atoms with Crippen molar-refractivity contribution in [2.75, 3.05) is 10.0 Å². The third kappa shape index (κ3) is 4.92. The lowest BCUT2D eigenvalue weighted by Gasteiger charge is -2.46. The van der Waals surface area contributed by atoms with Gasteiger partial charge in [-0.15, -0.1) is 22.7 Å². The van der Waals surface area contributed by atoms with Crippen LogP contribution in [-0.4, -0.2) is 25.1 Å². The zero-order chi connectivity index (χ0) is 39.7. The summed E-state index contributed by atoms with van der Waals surface area (Å²) in [4.78, 5) is 23.1. The van der Waals surface area contributed by atoms with Gasteiger partial charge in [0.2, 0.25) is 0 Å². The molecule has 0 bridgehead atoms. The van der Waals surface area contributed by atoms with Gasteiger partial charge in [-0.25, -0.2) is 20.0 Å². The number of hydrazine groups is 1. The summed E-state index contributed by atoms with van der Waals surface area (Å²) in [6.45, 7) is 0. The maximum absolute atomic E-state index is 6.01. The quantitative estimate of drug-likeness (QED) is 0.157. The molecule has 0 amide bonds. The van der Waals surface area contributed by atoms with Gasteiger partial charge in [-0.3, -0.25) is 9.99 Å². The Bertz CT molecular complexity index is 3300. The highest BCUT2D eigenvalue weighted by Gasteiger charge is 2.76. The number of nitrogens with zero attached hydrogens (tertiary/aromatic N) is 7. The summed E-state index contributed by atoms with van der Waals surface area (Å²) in [5.74, 6) is 0.702. The average Bonchev–Trinajstić information content (AvgIpc) is 4.15. The molecule has 7 heterocycles. The lowest BCUT2D eigenvalue weighted by molar-refractivity contribution is 0.293. The van der Waals surface area contributed by atoms with Crippen LogP contribution in [0.15, 0.2) is 198 Å². The SMILES string of the molecule is c1ccc(N2N(c3cccc4ccccc34)C(c3cc4ccccc4s3)C(c3ccon3)(c3ccc4ccccc4n3)C2(c2ccc3ccccc3n2)c2nccs2)nc1. The summed E-state index contributed by atoms with van der Waals surface area (Å²) >= 11 is 3.37. The fourth-order valence-corrected chi connectivity index (χ4v) is 11.7. The number of pyridine rings is 3. The Morgan fingerprint density at radius 2 is 1.27 bits per heavy atom. The van der Waals surface area contributed by atoms with Crippen LogP contribution in [0.5, 0.6) is 0 Å². The zero-order valence-electron chi connectivity index (χ0n) is 31.9. The predicted octanol–water partition coefficient (Wildman–Crippen LogP) is 11.9. The van der Waals surface area contributed by atoms with E-state index in [9.17, 15) is 0 Å². The van der Waals surface area contributed by atoms with Crippen molar-refractivity contribution in [3.63, 3.8) is 0 Å². The Kier molecular flexibility index (Phi) is 7.91. The van der Waals surface area contributed by atoms with Crippen LogP contribution in [0.4, 0.5) is 11.5 Å². The molecular formula is C50H33N7OS2. The maximum atomic E-state index is 6.01. The second kappa shape index (κ2) is 13.7. The lowest BCUT2D eigenvalue weighted by atomic mass is 9.59.